The van der Waals surface area contributed by atoms with Crippen molar-refractivity contribution in [3.05, 3.63) is 0 Å². The van der Waals surface area contributed by atoms with Crippen LogP contribution >= 0.6 is 0 Å². The summed E-state index contributed by atoms with van der Waals surface area (Å²) in [5.74, 6) is -4.93. The van der Waals surface area contributed by atoms with Gasteiger partial charge in [0.05, 0.1) is 0 Å². The Labute approximate surface area is 102 Å². The first-order chi connectivity index (χ1) is 7.96. The number of rotatable bonds is 2. The lowest BCUT2D eigenvalue weighted by Crippen LogP contribution is -2.91. The van der Waals surface area contributed by atoms with Crippen LogP contribution in [0.1, 0.15) is 33.6 Å². The second-order valence-electron chi connectivity index (χ2n) is 6.02. The number of alkyl carbamates (subject to hydrolysis) is 1. The Kier molecular flexibility index (Phi) is 2.27. The summed E-state index contributed by atoms with van der Waals surface area (Å²) in [6, 6.07) is 0. The summed E-state index contributed by atoms with van der Waals surface area (Å²) >= 11 is 0. The van der Waals surface area contributed by atoms with E-state index in [0.717, 1.165) is 0 Å². The maximum Gasteiger partial charge on any atom is 0.408 e. The van der Waals surface area contributed by atoms with Crippen molar-refractivity contribution in [1.82, 2.24) is 5.32 Å². The van der Waals surface area contributed by atoms with Crippen LogP contribution in [-0.4, -0.2) is 34.2 Å². The average Bonchev–Trinajstić information content (AvgIpc) is 2.07. The number of hydrogen-bond donors (Lipinski definition) is 2. The molecular formula is C11H15F2NO4. The molecule has 2 N–H and O–H groups in total. The van der Waals surface area contributed by atoms with Gasteiger partial charge in [-0.25, -0.2) is 13.6 Å². The van der Waals surface area contributed by atoms with Gasteiger partial charge in [-0.3, -0.25) is 4.79 Å². The normalized spacial score (nSPS) is 36.1. The van der Waals surface area contributed by atoms with Crippen molar-refractivity contribution >= 4 is 12.1 Å². The third-order valence-electron chi connectivity index (χ3n) is 3.56. The molecule has 102 valence electrons. The first-order valence-corrected chi connectivity index (χ1v) is 5.58. The van der Waals surface area contributed by atoms with Crippen LogP contribution in [0.15, 0.2) is 0 Å². The predicted molar refractivity (Wildman–Crippen MR) is 56.4 cm³/mol. The average molecular weight is 263 g/mol. The largest absolute Gasteiger partial charge is 0.481 e. The Morgan fingerprint density at radius 1 is 1.28 bits per heavy atom. The van der Waals surface area contributed by atoms with E-state index in [4.69, 9.17) is 9.84 Å². The van der Waals surface area contributed by atoms with Gasteiger partial charge in [0.25, 0.3) is 5.92 Å². The lowest BCUT2D eigenvalue weighted by Gasteiger charge is -2.72. The molecule has 1 amide bonds. The molecule has 0 aromatic heterocycles. The number of carboxylic acid groups (broad SMARTS) is 1. The maximum atomic E-state index is 13.7. The van der Waals surface area contributed by atoms with Crippen molar-refractivity contribution in [3.8, 4) is 0 Å². The molecule has 18 heavy (non-hydrogen) atoms. The number of aliphatic carboxylic acids is 1. The van der Waals surface area contributed by atoms with E-state index in [9.17, 15) is 18.4 Å². The Morgan fingerprint density at radius 3 is 2.11 bits per heavy atom. The highest BCUT2D eigenvalue weighted by Gasteiger charge is 2.92. The smallest absolute Gasteiger partial charge is 0.408 e. The Hall–Kier alpha value is -1.40. The summed E-state index contributed by atoms with van der Waals surface area (Å²) in [5.41, 5.74) is -4.52. The molecule has 0 radical (unpaired) electrons. The summed E-state index contributed by atoms with van der Waals surface area (Å²) in [4.78, 5) is 22.2. The van der Waals surface area contributed by atoms with E-state index >= 15 is 0 Å². The van der Waals surface area contributed by atoms with E-state index in [-0.39, 0.29) is 12.8 Å². The van der Waals surface area contributed by atoms with Crippen LogP contribution < -0.4 is 5.32 Å². The SMILES string of the molecule is CC(C)(C)OC(=O)NC12CC(C(=O)O)(C1)C2(F)F. The summed E-state index contributed by atoms with van der Waals surface area (Å²) in [5, 5.41) is 10.9. The number of hydrogen-bond acceptors (Lipinski definition) is 3. The molecule has 0 aromatic carbocycles. The molecule has 0 aromatic rings. The van der Waals surface area contributed by atoms with Crippen LogP contribution in [0.3, 0.4) is 0 Å². The minimum absolute atomic E-state index is 0.248. The molecule has 0 spiro atoms. The fourth-order valence-corrected chi connectivity index (χ4v) is 2.62. The van der Waals surface area contributed by atoms with Crippen molar-refractivity contribution in [2.24, 2.45) is 5.41 Å². The Morgan fingerprint density at radius 2 is 1.78 bits per heavy atom. The molecule has 0 atom stereocenters. The minimum Gasteiger partial charge on any atom is -0.481 e. The summed E-state index contributed by atoms with van der Waals surface area (Å²) in [6.45, 7) is 4.85. The van der Waals surface area contributed by atoms with Gasteiger partial charge < -0.3 is 15.2 Å². The van der Waals surface area contributed by atoms with Gasteiger partial charge in [0.2, 0.25) is 0 Å². The van der Waals surface area contributed by atoms with Gasteiger partial charge >= 0.3 is 12.1 Å². The van der Waals surface area contributed by atoms with E-state index in [1.54, 1.807) is 20.8 Å². The first kappa shape index (κ1) is 13.0. The van der Waals surface area contributed by atoms with Gasteiger partial charge in [-0.1, -0.05) is 0 Å². The topological polar surface area (TPSA) is 75.6 Å². The second-order valence-corrected chi connectivity index (χ2v) is 6.02. The van der Waals surface area contributed by atoms with Gasteiger partial charge in [-0.05, 0) is 33.6 Å². The van der Waals surface area contributed by atoms with E-state index in [1.165, 1.54) is 0 Å². The molecule has 7 heteroatoms. The van der Waals surface area contributed by atoms with Gasteiger partial charge in [0, 0.05) is 0 Å². The van der Waals surface area contributed by atoms with E-state index in [1.807, 2.05) is 0 Å². The molecule has 2 bridgehead atoms. The van der Waals surface area contributed by atoms with Gasteiger partial charge in [-0.2, -0.15) is 0 Å². The summed E-state index contributed by atoms with van der Waals surface area (Å²) in [7, 11) is 0. The number of nitrogens with one attached hydrogen (secondary N) is 1. The molecular weight excluding hydrogens is 248 g/mol. The van der Waals surface area contributed by atoms with Gasteiger partial charge in [-0.15, -0.1) is 0 Å². The van der Waals surface area contributed by atoms with E-state index in [0.29, 0.717) is 0 Å². The van der Waals surface area contributed by atoms with Crippen molar-refractivity contribution in [3.63, 3.8) is 0 Å². The molecule has 0 saturated heterocycles. The Balaban J connectivity index is 2.03. The number of carbonyl (C=O) groups excluding carboxylic acids is 1. The summed E-state index contributed by atoms with van der Waals surface area (Å²) < 4.78 is 32.3. The van der Waals surface area contributed by atoms with Crippen LogP contribution in [0.4, 0.5) is 13.6 Å². The molecule has 3 aliphatic rings. The van der Waals surface area contributed by atoms with Crippen LogP contribution in [0.5, 0.6) is 0 Å². The predicted octanol–water partition coefficient (Wildman–Crippen LogP) is 1.76. The van der Waals surface area contributed by atoms with Crippen LogP contribution in [0.25, 0.3) is 0 Å². The molecule has 0 heterocycles. The molecule has 0 aliphatic heterocycles. The molecule has 3 rings (SSSR count). The Bertz CT molecular complexity index is 421. The van der Waals surface area contributed by atoms with Gasteiger partial charge in [0.15, 0.2) is 0 Å². The zero-order chi connectivity index (χ0) is 14.0. The van der Waals surface area contributed by atoms with Crippen molar-refractivity contribution < 1.29 is 28.2 Å². The fraction of sp³-hybridized carbons (Fsp3) is 0.818. The van der Waals surface area contributed by atoms with Crippen molar-refractivity contribution in [1.29, 1.82) is 0 Å². The highest BCUT2D eigenvalue weighted by molar-refractivity contribution is 5.85. The summed E-state index contributed by atoms with van der Waals surface area (Å²) in [6.07, 6.45) is -1.44. The number of carbonyl (C=O) groups is 2. The second kappa shape index (κ2) is 3.13. The quantitative estimate of drug-likeness (QED) is 0.796. The van der Waals surface area contributed by atoms with E-state index < -0.39 is 34.5 Å². The van der Waals surface area contributed by atoms with Crippen LogP contribution in [-0.2, 0) is 9.53 Å². The van der Waals surface area contributed by atoms with Crippen molar-refractivity contribution in [2.75, 3.05) is 0 Å². The number of amides is 1. The molecule has 3 aliphatic carbocycles. The third kappa shape index (κ3) is 1.36. The zero-order valence-electron chi connectivity index (χ0n) is 10.3. The standard InChI is InChI=1S/C11H15F2NO4/c1-8(2,3)18-7(17)14-10-4-9(5-10,6(15)16)11(10,12)13/h4-5H2,1-3H3,(H,14,17)(H,15,16). The third-order valence-corrected chi connectivity index (χ3v) is 3.56. The highest BCUT2D eigenvalue weighted by Crippen LogP contribution is 2.76. The minimum atomic E-state index is -3.41. The van der Waals surface area contributed by atoms with E-state index in [2.05, 4.69) is 5.32 Å². The van der Waals surface area contributed by atoms with Crippen molar-refractivity contribution in [2.45, 2.75) is 50.7 Å². The number of alkyl halides is 2. The molecule has 3 saturated carbocycles. The lowest BCUT2D eigenvalue weighted by atomic mass is 9.36. The highest BCUT2D eigenvalue weighted by atomic mass is 19.3. The van der Waals surface area contributed by atoms with Gasteiger partial charge in [0.1, 0.15) is 16.6 Å². The number of ether oxygens (including phenoxy) is 1. The monoisotopic (exact) mass is 263 g/mol. The lowest BCUT2D eigenvalue weighted by molar-refractivity contribution is -0.357. The van der Waals surface area contributed by atoms with Crippen LogP contribution in [0, 0.1) is 5.41 Å². The molecule has 0 unspecified atom stereocenters. The fourth-order valence-electron chi connectivity index (χ4n) is 2.62. The number of carboxylic acids is 1. The first-order valence-electron chi connectivity index (χ1n) is 5.58. The maximum absolute atomic E-state index is 13.7. The molecule has 3 fully saturated rings. The number of halogens is 2. The zero-order valence-corrected chi connectivity index (χ0v) is 10.3. The van der Waals surface area contributed by atoms with Crippen LogP contribution in [0.2, 0.25) is 0 Å². The molecule has 5 nitrogen and oxygen atoms in total.